The minimum atomic E-state index is -0.259. The lowest BCUT2D eigenvalue weighted by molar-refractivity contribution is 0.0674. The second kappa shape index (κ2) is 8.08. The van der Waals surface area contributed by atoms with Gasteiger partial charge in [0.1, 0.15) is 10.8 Å². The van der Waals surface area contributed by atoms with Crippen LogP contribution in [0, 0.1) is 0 Å². The number of halogens is 2. The van der Waals surface area contributed by atoms with Crippen molar-refractivity contribution in [3.63, 3.8) is 0 Å². The summed E-state index contributed by atoms with van der Waals surface area (Å²) in [7, 11) is 1.58. The molecule has 0 aromatic carbocycles. The lowest BCUT2D eigenvalue weighted by Gasteiger charge is -2.22. The fourth-order valence-corrected chi connectivity index (χ4v) is 2.37. The molecule has 5 nitrogen and oxygen atoms in total. The van der Waals surface area contributed by atoms with Crippen molar-refractivity contribution in [1.82, 2.24) is 14.9 Å². The van der Waals surface area contributed by atoms with E-state index in [1.807, 2.05) is 12.1 Å². The predicted octanol–water partition coefficient (Wildman–Crippen LogP) is 3.07. The topological polar surface area (TPSA) is 55.3 Å². The Hall–Kier alpha value is -1.69. The van der Waals surface area contributed by atoms with E-state index in [2.05, 4.69) is 9.97 Å². The number of pyridine rings is 2. The molecule has 2 aromatic rings. The third-order valence-electron chi connectivity index (χ3n) is 2.93. The summed E-state index contributed by atoms with van der Waals surface area (Å²) < 4.78 is 5.06. The summed E-state index contributed by atoms with van der Waals surface area (Å²) >= 11 is 11.8. The molecule has 116 valence electrons. The second-order valence-corrected chi connectivity index (χ2v) is 5.40. The van der Waals surface area contributed by atoms with Gasteiger partial charge in [-0.1, -0.05) is 29.3 Å². The monoisotopic (exact) mass is 339 g/mol. The van der Waals surface area contributed by atoms with E-state index in [1.54, 1.807) is 24.4 Å². The van der Waals surface area contributed by atoms with E-state index in [9.17, 15) is 4.79 Å². The Kier molecular flexibility index (Phi) is 6.12. The van der Waals surface area contributed by atoms with E-state index in [1.165, 1.54) is 12.1 Å². The van der Waals surface area contributed by atoms with Crippen molar-refractivity contribution in [1.29, 1.82) is 0 Å². The van der Waals surface area contributed by atoms with Crippen molar-refractivity contribution in [2.45, 2.75) is 6.54 Å². The Balaban J connectivity index is 2.21. The molecule has 0 N–H and O–H groups in total. The number of carbonyl (C=O) groups excluding carboxylic acids is 1. The molecule has 0 aliphatic rings. The van der Waals surface area contributed by atoms with Gasteiger partial charge in [-0.05, 0) is 23.8 Å². The maximum absolute atomic E-state index is 12.6. The van der Waals surface area contributed by atoms with Crippen molar-refractivity contribution >= 4 is 29.1 Å². The van der Waals surface area contributed by atoms with Gasteiger partial charge in [-0.2, -0.15) is 0 Å². The number of ether oxygens (including phenoxy) is 1. The number of rotatable bonds is 6. The maximum atomic E-state index is 12.6. The van der Waals surface area contributed by atoms with E-state index >= 15 is 0 Å². The SMILES string of the molecule is COCCN(Cc1cccnc1)C(=O)c1cc(Cl)cc(Cl)n1. The summed E-state index contributed by atoms with van der Waals surface area (Å²) in [5.41, 5.74) is 1.12. The molecule has 0 unspecified atom stereocenters. The zero-order chi connectivity index (χ0) is 15.9. The molecule has 0 fully saturated rings. The van der Waals surface area contributed by atoms with Crippen LogP contribution in [0.4, 0.5) is 0 Å². The molecule has 2 heterocycles. The number of hydrogen-bond donors (Lipinski definition) is 0. The molecule has 0 atom stereocenters. The minimum Gasteiger partial charge on any atom is -0.383 e. The average molecular weight is 340 g/mol. The molecule has 2 rings (SSSR count). The van der Waals surface area contributed by atoms with Crippen LogP contribution in [0.1, 0.15) is 16.1 Å². The van der Waals surface area contributed by atoms with Crippen LogP contribution in [0.5, 0.6) is 0 Å². The molecule has 0 aliphatic heterocycles. The van der Waals surface area contributed by atoms with Crippen LogP contribution in [0.25, 0.3) is 0 Å². The molecule has 0 aliphatic carbocycles. The van der Waals surface area contributed by atoms with Gasteiger partial charge in [-0.25, -0.2) is 4.98 Å². The Bertz CT molecular complexity index is 618. The highest BCUT2D eigenvalue weighted by atomic mass is 35.5. The van der Waals surface area contributed by atoms with E-state index in [0.717, 1.165) is 5.56 Å². The highest BCUT2D eigenvalue weighted by molar-refractivity contribution is 6.34. The molecule has 0 saturated carbocycles. The quantitative estimate of drug-likeness (QED) is 0.759. The van der Waals surface area contributed by atoms with Gasteiger partial charge in [0.25, 0.3) is 5.91 Å². The Morgan fingerprint density at radius 1 is 1.36 bits per heavy atom. The van der Waals surface area contributed by atoms with Crippen LogP contribution in [-0.4, -0.2) is 41.0 Å². The smallest absolute Gasteiger partial charge is 0.272 e. The van der Waals surface area contributed by atoms with Crippen molar-refractivity contribution in [3.05, 3.63) is 58.1 Å². The van der Waals surface area contributed by atoms with Crippen LogP contribution in [0.15, 0.2) is 36.7 Å². The van der Waals surface area contributed by atoms with Crippen molar-refractivity contribution in [2.75, 3.05) is 20.3 Å². The van der Waals surface area contributed by atoms with Crippen molar-refractivity contribution < 1.29 is 9.53 Å². The Labute approximate surface area is 138 Å². The van der Waals surface area contributed by atoms with Gasteiger partial charge >= 0.3 is 0 Å². The van der Waals surface area contributed by atoms with Crippen molar-refractivity contribution in [2.24, 2.45) is 0 Å². The summed E-state index contributed by atoms with van der Waals surface area (Å²) in [5.74, 6) is -0.259. The van der Waals surface area contributed by atoms with Crippen LogP contribution in [0.2, 0.25) is 10.2 Å². The van der Waals surface area contributed by atoms with Gasteiger partial charge in [-0.15, -0.1) is 0 Å². The summed E-state index contributed by atoms with van der Waals surface area (Å²) in [4.78, 5) is 22.3. The first-order valence-corrected chi connectivity index (χ1v) is 7.36. The fourth-order valence-electron chi connectivity index (χ4n) is 1.90. The zero-order valence-corrected chi connectivity index (χ0v) is 13.5. The van der Waals surface area contributed by atoms with E-state index in [-0.39, 0.29) is 16.8 Å². The number of hydrogen-bond acceptors (Lipinski definition) is 4. The molecular weight excluding hydrogens is 325 g/mol. The summed E-state index contributed by atoms with van der Waals surface area (Å²) in [6, 6.07) is 6.71. The number of carbonyl (C=O) groups is 1. The maximum Gasteiger partial charge on any atom is 0.272 e. The van der Waals surface area contributed by atoms with Crippen LogP contribution in [0.3, 0.4) is 0 Å². The number of amides is 1. The fraction of sp³-hybridized carbons (Fsp3) is 0.267. The molecule has 2 aromatic heterocycles. The second-order valence-electron chi connectivity index (χ2n) is 4.57. The van der Waals surface area contributed by atoms with Gasteiger partial charge in [0.05, 0.1) is 6.61 Å². The molecule has 1 amide bonds. The minimum absolute atomic E-state index is 0.184. The normalized spacial score (nSPS) is 10.5. The molecule has 22 heavy (non-hydrogen) atoms. The number of aromatic nitrogens is 2. The highest BCUT2D eigenvalue weighted by Crippen LogP contribution is 2.17. The molecular formula is C15H15Cl2N3O2. The Morgan fingerprint density at radius 2 is 2.18 bits per heavy atom. The van der Waals surface area contributed by atoms with E-state index in [4.69, 9.17) is 27.9 Å². The highest BCUT2D eigenvalue weighted by Gasteiger charge is 2.18. The molecule has 0 spiro atoms. The van der Waals surface area contributed by atoms with Crippen LogP contribution < -0.4 is 0 Å². The third kappa shape index (κ3) is 4.66. The first-order chi connectivity index (χ1) is 10.6. The standard InChI is InChI=1S/C15H15Cl2N3O2/c1-22-6-5-20(10-11-3-2-4-18-9-11)15(21)13-7-12(16)8-14(17)19-13/h2-4,7-9H,5-6,10H2,1H3. The third-order valence-corrected chi connectivity index (χ3v) is 3.34. The summed E-state index contributed by atoms with van der Waals surface area (Å²) in [5, 5.41) is 0.556. The van der Waals surface area contributed by atoms with Gasteiger partial charge in [0.15, 0.2) is 0 Å². The van der Waals surface area contributed by atoms with Gasteiger partial charge < -0.3 is 9.64 Å². The molecule has 0 bridgehead atoms. The van der Waals surface area contributed by atoms with Crippen LogP contribution >= 0.6 is 23.2 Å². The first kappa shape index (κ1) is 16.7. The average Bonchev–Trinajstić information content (AvgIpc) is 2.50. The lowest BCUT2D eigenvalue weighted by atomic mass is 10.2. The van der Waals surface area contributed by atoms with Gasteiger partial charge in [0.2, 0.25) is 0 Å². The number of nitrogens with zero attached hydrogens (tertiary/aromatic N) is 3. The number of methoxy groups -OCH3 is 1. The molecule has 0 radical (unpaired) electrons. The zero-order valence-electron chi connectivity index (χ0n) is 12.0. The van der Waals surface area contributed by atoms with Gasteiger partial charge in [0, 0.05) is 37.6 Å². The van der Waals surface area contributed by atoms with E-state index < -0.39 is 0 Å². The molecule has 0 saturated heterocycles. The summed E-state index contributed by atoms with van der Waals surface area (Å²) in [6.07, 6.45) is 3.40. The Morgan fingerprint density at radius 3 is 2.82 bits per heavy atom. The van der Waals surface area contributed by atoms with E-state index in [0.29, 0.717) is 24.7 Å². The predicted molar refractivity (Wildman–Crippen MR) is 85.1 cm³/mol. The summed E-state index contributed by atoms with van der Waals surface area (Å²) in [6.45, 7) is 1.25. The van der Waals surface area contributed by atoms with Gasteiger partial charge in [-0.3, -0.25) is 9.78 Å². The van der Waals surface area contributed by atoms with Crippen LogP contribution in [-0.2, 0) is 11.3 Å². The van der Waals surface area contributed by atoms with Crippen molar-refractivity contribution in [3.8, 4) is 0 Å². The first-order valence-electron chi connectivity index (χ1n) is 6.60. The molecule has 7 heteroatoms. The lowest BCUT2D eigenvalue weighted by Crippen LogP contribution is -2.34. The largest absolute Gasteiger partial charge is 0.383 e.